The molecule has 41 heavy (non-hydrogen) atoms. The summed E-state index contributed by atoms with van der Waals surface area (Å²) in [6, 6.07) is 9.04. The van der Waals surface area contributed by atoms with E-state index in [2.05, 4.69) is 0 Å². The first-order valence-corrected chi connectivity index (χ1v) is 13.2. The standard InChI is InChI=1S/C30H30N4O7/c1-33(2)19-11-16(14-7-5-13(12-31)6-8-14)24(35)21-17(19)9-15-10-18-23(34(3)4)26(37)22(29(32)40)28(39)30(18,41)27(38)20(15)25(21)36/h5-8,11,15,18,20,22-23,35,41H,9-10H2,1-4H3,(H2,32,40)/t15-,18-,20?,22?,23-,30-/m0/s1. The number of aliphatic hydroxyl groups is 1. The summed E-state index contributed by atoms with van der Waals surface area (Å²) < 4.78 is 0. The Morgan fingerprint density at radius 2 is 1.71 bits per heavy atom. The minimum atomic E-state index is -2.78. The maximum Gasteiger partial charge on any atom is 0.235 e. The molecule has 2 aromatic carbocycles. The molecule has 4 N–H and O–H groups in total. The number of phenolic OH excluding ortho intramolecular Hbond substituents is 1. The molecule has 1 amide bonds. The van der Waals surface area contributed by atoms with Crippen LogP contribution < -0.4 is 10.6 Å². The number of hydrogen-bond acceptors (Lipinski definition) is 10. The highest BCUT2D eigenvalue weighted by molar-refractivity contribution is 6.32. The van der Waals surface area contributed by atoms with Gasteiger partial charge in [-0.1, -0.05) is 12.1 Å². The van der Waals surface area contributed by atoms with Crippen LogP contribution in [0, 0.1) is 35.0 Å². The SMILES string of the molecule is CN(C)c1cc(-c2ccc(C#N)cc2)c(O)c2c1C[C@H]1C[C@H]3[C@H](N(C)C)C(=O)C(C(N)=O)C(=O)[C@@]3(O)C(=O)C1C2=O. The average molecular weight is 559 g/mol. The zero-order valence-electron chi connectivity index (χ0n) is 23.0. The number of benzene rings is 2. The van der Waals surface area contributed by atoms with E-state index in [1.807, 2.05) is 6.07 Å². The molecule has 3 aliphatic carbocycles. The third-order valence-corrected chi connectivity index (χ3v) is 8.84. The van der Waals surface area contributed by atoms with Crippen LogP contribution in [0.1, 0.15) is 27.9 Å². The molecular formula is C30H30N4O7. The van der Waals surface area contributed by atoms with Crippen LogP contribution in [0.15, 0.2) is 30.3 Å². The third-order valence-electron chi connectivity index (χ3n) is 8.84. The number of rotatable bonds is 4. The van der Waals surface area contributed by atoms with Crippen molar-refractivity contribution in [2.24, 2.45) is 29.4 Å². The summed E-state index contributed by atoms with van der Waals surface area (Å²) in [4.78, 5) is 70.2. The summed E-state index contributed by atoms with van der Waals surface area (Å²) in [5.41, 5.74) is 4.91. The largest absolute Gasteiger partial charge is 0.507 e. The van der Waals surface area contributed by atoms with Crippen LogP contribution in [0.3, 0.4) is 0 Å². The molecule has 0 bridgehead atoms. The zero-order valence-corrected chi connectivity index (χ0v) is 23.0. The smallest absolute Gasteiger partial charge is 0.235 e. The predicted octanol–water partition coefficient (Wildman–Crippen LogP) is 0.472. The maximum absolute atomic E-state index is 14.1. The van der Waals surface area contributed by atoms with E-state index in [-0.39, 0.29) is 24.2 Å². The number of amides is 1. The van der Waals surface area contributed by atoms with Crippen molar-refractivity contribution < 1.29 is 34.2 Å². The van der Waals surface area contributed by atoms with Crippen LogP contribution in [-0.2, 0) is 25.6 Å². The predicted molar refractivity (Wildman–Crippen MR) is 146 cm³/mol. The first kappa shape index (κ1) is 28.1. The number of ketones is 4. The molecular weight excluding hydrogens is 528 g/mol. The van der Waals surface area contributed by atoms with Crippen molar-refractivity contribution in [3.8, 4) is 22.9 Å². The summed E-state index contributed by atoms with van der Waals surface area (Å²) in [5, 5.41) is 32.3. The minimum absolute atomic E-state index is 0.0189. The van der Waals surface area contributed by atoms with Crippen LogP contribution >= 0.6 is 0 Å². The molecule has 0 aromatic heterocycles. The Kier molecular flexibility index (Phi) is 6.59. The van der Waals surface area contributed by atoms with E-state index < -0.39 is 64.4 Å². The first-order chi connectivity index (χ1) is 19.2. The number of nitrogens with two attached hydrogens (primary N) is 1. The summed E-state index contributed by atoms with van der Waals surface area (Å²) in [6.07, 6.45) is 0.148. The molecule has 0 heterocycles. The number of phenols is 1. The highest BCUT2D eigenvalue weighted by Gasteiger charge is 2.69. The molecule has 0 spiro atoms. The molecule has 0 radical (unpaired) electrons. The van der Waals surface area contributed by atoms with Gasteiger partial charge < -0.3 is 20.8 Å². The molecule has 0 aliphatic heterocycles. The fraction of sp³-hybridized carbons (Fsp3) is 0.400. The molecule has 2 aromatic rings. The van der Waals surface area contributed by atoms with Crippen molar-refractivity contribution in [3.63, 3.8) is 0 Å². The van der Waals surface area contributed by atoms with Gasteiger partial charge in [-0.05, 0) is 62.2 Å². The van der Waals surface area contributed by atoms with Gasteiger partial charge in [-0.25, -0.2) is 0 Å². The molecule has 2 fully saturated rings. The Hall–Kier alpha value is -4.40. The zero-order chi connectivity index (χ0) is 30.1. The van der Waals surface area contributed by atoms with E-state index >= 15 is 0 Å². The van der Waals surface area contributed by atoms with Gasteiger partial charge in [0.1, 0.15) is 5.75 Å². The van der Waals surface area contributed by atoms with Gasteiger partial charge in [-0.2, -0.15) is 5.26 Å². The minimum Gasteiger partial charge on any atom is -0.507 e. The lowest BCUT2D eigenvalue weighted by Crippen LogP contribution is -2.74. The lowest BCUT2D eigenvalue weighted by atomic mass is 9.52. The molecule has 0 saturated heterocycles. The highest BCUT2D eigenvalue weighted by Crippen LogP contribution is 2.53. The van der Waals surface area contributed by atoms with Crippen LogP contribution in [0.4, 0.5) is 5.69 Å². The second-order valence-corrected chi connectivity index (χ2v) is 11.5. The number of nitriles is 1. The van der Waals surface area contributed by atoms with Gasteiger partial charge in [0.25, 0.3) is 0 Å². The van der Waals surface area contributed by atoms with Crippen LogP contribution in [0.5, 0.6) is 5.75 Å². The molecule has 5 rings (SSSR count). The Balaban J connectivity index is 1.68. The summed E-state index contributed by atoms with van der Waals surface area (Å²) in [5.74, 6) is -10.9. The lowest BCUT2D eigenvalue weighted by molar-refractivity contribution is -0.181. The Morgan fingerprint density at radius 3 is 2.24 bits per heavy atom. The Labute approximate surface area is 236 Å². The normalized spacial score (nSPS) is 29.0. The number of hydrogen-bond donors (Lipinski definition) is 3. The fourth-order valence-electron chi connectivity index (χ4n) is 7.00. The average Bonchev–Trinajstić information content (AvgIpc) is 2.90. The molecule has 11 heteroatoms. The van der Waals surface area contributed by atoms with Gasteiger partial charge in [0.05, 0.1) is 29.2 Å². The molecule has 6 atom stereocenters. The quantitative estimate of drug-likeness (QED) is 0.446. The van der Waals surface area contributed by atoms with Crippen molar-refractivity contribution in [3.05, 3.63) is 47.0 Å². The number of carbonyl (C=O) groups is 5. The lowest BCUT2D eigenvalue weighted by Gasteiger charge is -2.52. The van der Waals surface area contributed by atoms with Crippen molar-refractivity contribution >= 4 is 34.7 Å². The van der Waals surface area contributed by atoms with Crippen molar-refractivity contribution in [1.82, 2.24) is 4.90 Å². The second kappa shape index (κ2) is 9.61. The summed E-state index contributed by atoms with van der Waals surface area (Å²) in [6.45, 7) is 0. The fourth-order valence-corrected chi connectivity index (χ4v) is 7.00. The van der Waals surface area contributed by atoms with Gasteiger partial charge in [-0.3, -0.25) is 28.9 Å². The third kappa shape index (κ3) is 3.89. The topological polar surface area (TPSA) is 182 Å². The molecule has 3 aliphatic rings. The van der Waals surface area contributed by atoms with E-state index in [9.17, 15) is 34.2 Å². The maximum atomic E-state index is 14.1. The first-order valence-electron chi connectivity index (χ1n) is 13.2. The number of aromatic hydroxyl groups is 1. The molecule has 2 saturated carbocycles. The van der Waals surface area contributed by atoms with Crippen LogP contribution in [-0.4, -0.2) is 84.0 Å². The number of nitrogens with zero attached hydrogens (tertiary/aromatic N) is 3. The number of Topliss-reactive ketones (excluding diaryl/α,β-unsaturated/α-hetero) is 4. The van der Waals surface area contributed by atoms with Gasteiger partial charge in [0.2, 0.25) is 5.91 Å². The number of likely N-dealkylation sites (N-methyl/N-ethyl adjacent to an activating group) is 1. The van der Waals surface area contributed by atoms with Crippen LogP contribution in [0.2, 0.25) is 0 Å². The van der Waals surface area contributed by atoms with Gasteiger partial charge in [0, 0.05) is 31.3 Å². The highest BCUT2D eigenvalue weighted by atomic mass is 16.3. The summed E-state index contributed by atoms with van der Waals surface area (Å²) in [7, 11) is 6.64. The molecule has 11 nitrogen and oxygen atoms in total. The number of primary amides is 1. The van der Waals surface area contributed by atoms with Gasteiger partial charge >= 0.3 is 0 Å². The number of carbonyl (C=O) groups excluding carboxylic acids is 5. The van der Waals surface area contributed by atoms with Crippen molar-refractivity contribution in [2.75, 3.05) is 33.1 Å². The van der Waals surface area contributed by atoms with Gasteiger partial charge in [-0.15, -0.1) is 0 Å². The monoisotopic (exact) mass is 558 g/mol. The van der Waals surface area contributed by atoms with Crippen molar-refractivity contribution in [2.45, 2.75) is 24.5 Å². The van der Waals surface area contributed by atoms with Crippen LogP contribution in [0.25, 0.3) is 11.1 Å². The van der Waals surface area contributed by atoms with Gasteiger partial charge in [0.15, 0.2) is 34.7 Å². The van der Waals surface area contributed by atoms with E-state index in [1.54, 1.807) is 63.4 Å². The Bertz CT molecular complexity index is 1570. The number of fused-ring (bicyclic) bond motifs is 3. The van der Waals surface area contributed by atoms with E-state index in [0.29, 0.717) is 27.9 Å². The summed E-state index contributed by atoms with van der Waals surface area (Å²) >= 11 is 0. The molecule has 212 valence electrons. The van der Waals surface area contributed by atoms with E-state index in [4.69, 9.17) is 11.0 Å². The van der Waals surface area contributed by atoms with E-state index in [1.165, 1.54) is 4.90 Å². The number of anilines is 1. The van der Waals surface area contributed by atoms with E-state index in [0.717, 1.165) is 0 Å². The molecule has 2 unspecified atom stereocenters. The van der Waals surface area contributed by atoms with Crippen molar-refractivity contribution in [1.29, 1.82) is 5.26 Å². The Morgan fingerprint density at radius 1 is 1.07 bits per heavy atom. The second-order valence-electron chi connectivity index (χ2n) is 11.5.